The van der Waals surface area contributed by atoms with E-state index in [1.807, 2.05) is 12.1 Å². The van der Waals surface area contributed by atoms with Crippen molar-refractivity contribution in [2.45, 2.75) is 30.9 Å². The van der Waals surface area contributed by atoms with E-state index in [2.05, 4.69) is 38.8 Å². The highest BCUT2D eigenvalue weighted by Crippen LogP contribution is 2.23. The van der Waals surface area contributed by atoms with Gasteiger partial charge in [-0.15, -0.1) is 16.9 Å². The van der Waals surface area contributed by atoms with Crippen LogP contribution in [0.15, 0.2) is 33.8 Å². The van der Waals surface area contributed by atoms with Gasteiger partial charge in [-0.25, -0.2) is 0 Å². The summed E-state index contributed by atoms with van der Waals surface area (Å²) in [4.78, 5) is 9.92. The lowest BCUT2D eigenvalue weighted by atomic mass is 10.2. The maximum atomic E-state index is 5.87. The number of aromatic nitrogens is 3. The molecule has 1 aliphatic heterocycles. The minimum atomic E-state index is 0.659. The molecule has 130 valence electrons. The van der Waals surface area contributed by atoms with Crippen LogP contribution in [0.3, 0.4) is 0 Å². The van der Waals surface area contributed by atoms with Crippen molar-refractivity contribution in [1.29, 1.82) is 0 Å². The van der Waals surface area contributed by atoms with E-state index in [1.165, 1.54) is 0 Å². The van der Waals surface area contributed by atoms with E-state index in [-0.39, 0.29) is 0 Å². The van der Waals surface area contributed by atoms with Crippen molar-refractivity contribution in [3.63, 3.8) is 0 Å². The van der Waals surface area contributed by atoms with Gasteiger partial charge in [0.1, 0.15) is 0 Å². The summed E-state index contributed by atoms with van der Waals surface area (Å²) in [5, 5.41) is 8.44. The molecule has 0 aromatic carbocycles. The minimum Gasteiger partial charge on any atom is -0.407 e. The molecule has 0 radical (unpaired) electrons. The van der Waals surface area contributed by atoms with Crippen molar-refractivity contribution in [1.82, 2.24) is 20.1 Å². The summed E-state index contributed by atoms with van der Waals surface area (Å²) < 4.78 is 5.87. The summed E-state index contributed by atoms with van der Waals surface area (Å²) in [7, 11) is 0. The number of rotatable bonds is 6. The average Bonchev–Trinajstić information content (AvgIpc) is 2.93. The molecule has 0 aliphatic carbocycles. The summed E-state index contributed by atoms with van der Waals surface area (Å²) in [5.74, 6) is 2.07. The smallest absolute Gasteiger partial charge is 0.318 e. The Bertz CT molecular complexity index is 618. The van der Waals surface area contributed by atoms with Crippen molar-refractivity contribution in [3.8, 4) is 0 Å². The molecule has 0 unspecified atom stereocenters. The lowest BCUT2D eigenvalue weighted by Crippen LogP contribution is -2.33. The molecule has 1 fully saturated rings. The second kappa shape index (κ2) is 8.48. The predicted molar refractivity (Wildman–Crippen MR) is 96.2 cm³/mol. The molecule has 3 heterocycles. The average molecular weight is 347 g/mol. The van der Waals surface area contributed by atoms with Gasteiger partial charge >= 0.3 is 6.01 Å². The van der Waals surface area contributed by atoms with Gasteiger partial charge in [-0.05, 0) is 31.0 Å². The molecule has 2 aromatic heterocycles. The first kappa shape index (κ1) is 17.2. The number of thioether (sulfide) groups is 1. The quantitative estimate of drug-likeness (QED) is 0.745. The largest absolute Gasteiger partial charge is 0.407 e. The summed E-state index contributed by atoms with van der Waals surface area (Å²) in [6, 6.07) is 4.63. The van der Waals surface area contributed by atoms with E-state index in [1.54, 1.807) is 24.2 Å². The molecule has 1 aliphatic rings. The molecule has 6 nitrogen and oxygen atoms in total. The van der Waals surface area contributed by atoms with Gasteiger partial charge < -0.3 is 14.2 Å². The minimum absolute atomic E-state index is 0.659. The van der Waals surface area contributed by atoms with Crippen LogP contribution in [-0.4, -0.2) is 52.8 Å². The Labute approximate surface area is 147 Å². The Hall–Kier alpha value is -1.60. The molecule has 24 heavy (non-hydrogen) atoms. The first-order chi connectivity index (χ1) is 11.7. The molecule has 0 N–H and O–H groups in total. The Balaban J connectivity index is 1.53. The van der Waals surface area contributed by atoms with Crippen LogP contribution in [0.5, 0.6) is 0 Å². The fourth-order valence-corrected chi connectivity index (χ4v) is 3.59. The van der Waals surface area contributed by atoms with Crippen molar-refractivity contribution in [2.24, 2.45) is 5.92 Å². The Kier molecular flexibility index (Phi) is 6.09. The van der Waals surface area contributed by atoms with Crippen molar-refractivity contribution < 1.29 is 4.42 Å². The zero-order valence-corrected chi connectivity index (χ0v) is 15.2. The highest BCUT2D eigenvalue weighted by molar-refractivity contribution is 7.98. The Morgan fingerprint density at radius 2 is 1.96 bits per heavy atom. The molecule has 7 heteroatoms. The third kappa shape index (κ3) is 4.95. The highest BCUT2D eigenvalue weighted by Gasteiger charge is 2.19. The van der Waals surface area contributed by atoms with Crippen LogP contribution >= 0.6 is 11.8 Å². The molecular formula is C17H25N5OS. The highest BCUT2D eigenvalue weighted by atomic mass is 32.2. The first-order valence-corrected chi connectivity index (χ1v) is 9.52. The zero-order valence-electron chi connectivity index (χ0n) is 14.4. The van der Waals surface area contributed by atoms with E-state index in [0.29, 0.717) is 23.6 Å². The molecule has 2 aromatic rings. The van der Waals surface area contributed by atoms with E-state index >= 15 is 0 Å². The van der Waals surface area contributed by atoms with Crippen LogP contribution in [0.25, 0.3) is 0 Å². The molecule has 0 spiro atoms. The number of pyridine rings is 1. The van der Waals surface area contributed by atoms with E-state index in [9.17, 15) is 0 Å². The standard InChI is InChI=1S/C17H25N5OS/c1-14(2)12-21-8-3-9-22(11-10-21)17-20-19-16(23-17)13-24-15-4-6-18-7-5-15/h4-7,14H,3,8-13H2,1-2H3. The van der Waals surface area contributed by atoms with Crippen LogP contribution in [0.4, 0.5) is 6.01 Å². The van der Waals surface area contributed by atoms with Gasteiger partial charge in [-0.2, -0.15) is 0 Å². The third-order valence-electron chi connectivity index (χ3n) is 3.95. The van der Waals surface area contributed by atoms with Gasteiger partial charge in [0.05, 0.1) is 5.75 Å². The normalized spacial score (nSPS) is 16.5. The van der Waals surface area contributed by atoms with Crippen LogP contribution < -0.4 is 4.90 Å². The monoisotopic (exact) mass is 347 g/mol. The molecule has 3 rings (SSSR count). The van der Waals surface area contributed by atoms with Gasteiger partial charge in [-0.1, -0.05) is 18.9 Å². The first-order valence-electron chi connectivity index (χ1n) is 8.53. The van der Waals surface area contributed by atoms with E-state index < -0.39 is 0 Å². The van der Waals surface area contributed by atoms with E-state index in [4.69, 9.17) is 4.42 Å². The predicted octanol–water partition coefficient (Wildman–Crippen LogP) is 2.93. The zero-order chi connectivity index (χ0) is 16.8. The molecular weight excluding hydrogens is 322 g/mol. The second-order valence-corrected chi connectivity index (χ2v) is 7.53. The number of anilines is 1. The number of nitrogens with zero attached hydrogens (tertiary/aromatic N) is 5. The van der Waals surface area contributed by atoms with E-state index in [0.717, 1.165) is 44.0 Å². The van der Waals surface area contributed by atoms with Gasteiger partial charge in [0.15, 0.2) is 0 Å². The SMILES string of the molecule is CC(C)CN1CCCN(c2nnc(CSc3ccncc3)o2)CC1. The van der Waals surface area contributed by atoms with Crippen molar-refractivity contribution in [2.75, 3.05) is 37.6 Å². The summed E-state index contributed by atoms with van der Waals surface area (Å²) in [5.41, 5.74) is 0. The molecule has 0 bridgehead atoms. The maximum Gasteiger partial charge on any atom is 0.318 e. The second-order valence-electron chi connectivity index (χ2n) is 6.49. The van der Waals surface area contributed by atoms with Crippen molar-refractivity contribution in [3.05, 3.63) is 30.4 Å². The summed E-state index contributed by atoms with van der Waals surface area (Å²) >= 11 is 1.68. The lowest BCUT2D eigenvalue weighted by molar-refractivity contribution is 0.260. The molecule has 1 saturated heterocycles. The van der Waals surface area contributed by atoms with Gasteiger partial charge in [0.25, 0.3) is 0 Å². The lowest BCUT2D eigenvalue weighted by Gasteiger charge is -2.22. The Morgan fingerprint density at radius 1 is 1.12 bits per heavy atom. The van der Waals surface area contributed by atoms with Crippen LogP contribution in [0, 0.1) is 5.92 Å². The van der Waals surface area contributed by atoms with Gasteiger partial charge in [0.2, 0.25) is 5.89 Å². The van der Waals surface area contributed by atoms with Crippen LogP contribution in [0.1, 0.15) is 26.2 Å². The van der Waals surface area contributed by atoms with Gasteiger partial charge in [-0.3, -0.25) is 4.98 Å². The topological polar surface area (TPSA) is 58.3 Å². The number of hydrogen-bond donors (Lipinski definition) is 0. The maximum absolute atomic E-state index is 5.87. The summed E-state index contributed by atoms with van der Waals surface area (Å²) in [6.45, 7) is 9.83. The Morgan fingerprint density at radius 3 is 2.75 bits per heavy atom. The molecule has 0 saturated carbocycles. The van der Waals surface area contributed by atoms with Crippen LogP contribution in [0.2, 0.25) is 0 Å². The summed E-state index contributed by atoms with van der Waals surface area (Å²) in [6.07, 6.45) is 4.72. The van der Waals surface area contributed by atoms with Crippen molar-refractivity contribution >= 4 is 17.8 Å². The fraction of sp³-hybridized carbons (Fsp3) is 0.588. The van der Waals surface area contributed by atoms with Crippen LogP contribution in [-0.2, 0) is 5.75 Å². The van der Waals surface area contributed by atoms with Gasteiger partial charge in [0, 0.05) is 43.5 Å². The third-order valence-corrected chi connectivity index (χ3v) is 4.95. The fourth-order valence-electron chi connectivity index (χ4n) is 2.87. The number of hydrogen-bond acceptors (Lipinski definition) is 7. The molecule has 0 atom stereocenters. The molecule has 0 amide bonds.